The van der Waals surface area contributed by atoms with E-state index >= 15 is 0 Å². The van der Waals surface area contributed by atoms with Gasteiger partial charge in [-0.05, 0) is 19.1 Å². The number of H-pyrrole nitrogens is 1. The molecule has 1 aromatic heterocycles. The van der Waals surface area contributed by atoms with Crippen molar-refractivity contribution in [1.82, 2.24) is 4.98 Å². The molecule has 0 bridgehead atoms. The molecule has 0 aliphatic heterocycles. The monoisotopic (exact) mass is 178 g/mol. The van der Waals surface area contributed by atoms with Gasteiger partial charge in [0.25, 0.3) is 0 Å². The maximum atomic E-state index is 13.2. The summed E-state index contributed by atoms with van der Waals surface area (Å²) in [6.07, 6.45) is 0. The average Bonchev–Trinajstić information content (AvgIpc) is 2.49. The van der Waals surface area contributed by atoms with E-state index in [-0.39, 0.29) is 11.9 Å². The van der Waals surface area contributed by atoms with Crippen LogP contribution in [0.1, 0.15) is 18.7 Å². The molecule has 1 aromatic carbocycles. The molecule has 0 spiro atoms. The van der Waals surface area contributed by atoms with E-state index in [9.17, 15) is 4.39 Å². The van der Waals surface area contributed by atoms with Crippen LogP contribution >= 0.6 is 0 Å². The van der Waals surface area contributed by atoms with Crippen LogP contribution in [0.15, 0.2) is 24.3 Å². The number of nitrogens with one attached hydrogen (secondary N) is 1. The van der Waals surface area contributed by atoms with Crippen molar-refractivity contribution in [3.05, 3.63) is 35.8 Å². The van der Waals surface area contributed by atoms with Crippen LogP contribution in [-0.2, 0) is 0 Å². The molecule has 0 unspecified atom stereocenters. The van der Waals surface area contributed by atoms with E-state index in [0.717, 1.165) is 11.1 Å². The van der Waals surface area contributed by atoms with Gasteiger partial charge < -0.3 is 10.7 Å². The molecule has 2 nitrogen and oxygen atoms in total. The first-order valence-corrected chi connectivity index (χ1v) is 4.21. The Balaban J connectivity index is 2.68. The van der Waals surface area contributed by atoms with Gasteiger partial charge in [0.2, 0.25) is 0 Å². The largest absolute Gasteiger partial charge is 0.355 e. The van der Waals surface area contributed by atoms with Crippen LogP contribution in [0, 0.1) is 5.82 Å². The first-order valence-electron chi connectivity index (χ1n) is 4.21. The minimum atomic E-state index is -0.232. The molecule has 0 saturated heterocycles. The summed E-state index contributed by atoms with van der Waals surface area (Å²) >= 11 is 0. The minimum Gasteiger partial charge on any atom is -0.355 e. The van der Waals surface area contributed by atoms with Crippen LogP contribution in [0.5, 0.6) is 0 Å². The highest BCUT2D eigenvalue weighted by Crippen LogP contribution is 2.20. The number of halogens is 1. The van der Waals surface area contributed by atoms with Crippen molar-refractivity contribution in [3.63, 3.8) is 0 Å². The van der Waals surface area contributed by atoms with Gasteiger partial charge in [0, 0.05) is 17.1 Å². The summed E-state index contributed by atoms with van der Waals surface area (Å²) in [5.74, 6) is -0.232. The molecule has 13 heavy (non-hydrogen) atoms. The van der Waals surface area contributed by atoms with E-state index in [1.807, 2.05) is 19.1 Å². The van der Waals surface area contributed by atoms with E-state index in [1.165, 1.54) is 6.07 Å². The standard InChI is InChI=1S/C10H11FN2/c1-6(12)9-5-7-3-2-4-8(11)10(7)13-9/h2-6,13H,12H2,1H3/t6-/m0/s1. The van der Waals surface area contributed by atoms with Crippen molar-refractivity contribution < 1.29 is 4.39 Å². The van der Waals surface area contributed by atoms with Crippen LogP contribution in [0.3, 0.4) is 0 Å². The highest BCUT2D eigenvalue weighted by molar-refractivity contribution is 5.81. The van der Waals surface area contributed by atoms with Gasteiger partial charge >= 0.3 is 0 Å². The second kappa shape index (κ2) is 2.85. The van der Waals surface area contributed by atoms with Crippen molar-refractivity contribution in [3.8, 4) is 0 Å². The topological polar surface area (TPSA) is 41.8 Å². The molecule has 0 amide bonds. The zero-order valence-electron chi connectivity index (χ0n) is 7.34. The third-order valence-electron chi connectivity index (χ3n) is 2.12. The van der Waals surface area contributed by atoms with Crippen molar-refractivity contribution in [2.75, 3.05) is 0 Å². The molecule has 1 heterocycles. The number of nitrogens with two attached hydrogens (primary N) is 1. The lowest BCUT2D eigenvalue weighted by Gasteiger charge is -1.98. The number of aromatic nitrogens is 1. The van der Waals surface area contributed by atoms with E-state index in [4.69, 9.17) is 5.73 Å². The molecule has 3 heteroatoms. The summed E-state index contributed by atoms with van der Waals surface area (Å²) in [7, 11) is 0. The number of hydrogen-bond acceptors (Lipinski definition) is 1. The molecule has 0 saturated carbocycles. The fourth-order valence-corrected chi connectivity index (χ4v) is 1.39. The molecule has 3 N–H and O–H groups in total. The lowest BCUT2D eigenvalue weighted by molar-refractivity contribution is 0.636. The Morgan fingerprint density at radius 2 is 2.23 bits per heavy atom. The lowest BCUT2D eigenvalue weighted by Crippen LogP contribution is -2.04. The first kappa shape index (κ1) is 8.26. The quantitative estimate of drug-likeness (QED) is 0.691. The molecule has 0 fully saturated rings. The van der Waals surface area contributed by atoms with Gasteiger partial charge in [-0.3, -0.25) is 0 Å². The molecule has 0 aliphatic rings. The van der Waals surface area contributed by atoms with Crippen molar-refractivity contribution in [2.24, 2.45) is 5.73 Å². The molecule has 2 aromatic rings. The van der Waals surface area contributed by atoms with E-state index in [2.05, 4.69) is 4.98 Å². The zero-order chi connectivity index (χ0) is 9.42. The van der Waals surface area contributed by atoms with Gasteiger partial charge in [0.15, 0.2) is 0 Å². The van der Waals surface area contributed by atoms with E-state index in [0.29, 0.717) is 5.52 Å². The Morgan fingerprint density at radius 3 is 2.85 bits per heavy atom. The normalized spacial score (nSPS) is 13.5. The fraction of sp³-hybridized carbons (Fsp3) is 0.200. The summed E-state index contributed by atoms with van der Waals surface area (Å²) < 4.78 is 13.2. The highest BCUT2D eigenvalue weighted by Gasteiger charge is 2.06. The van der Waals surface area contributed by atoms with Crippen molar-refractivity contribution in [2.45, 2.75) is 13.0 Å². The maximum Gasteiger partial charge on any atom is 0.147 e. The van der Waals surface area contributed by atoms with Gasteiger partial charge in [0.05, 0.1) is 5.52 Å². The van der Waals surface area contributed by atoms with E-state index < -0.39 is 0 Å². The first-order chi connectivity index (χ1) is 6.18. The predicted octanol–water partition coefficient (Wildman–Crippen LogP) is 2.33. The van der Waals surface area contributed by atoms with Gasteiger partial charge in [-0.1, -0.05) is 12.1 Å². The molecular weight excluding hydrogens is 167 g/mol. The van der Waals surface area contributed by atoms with Gasteiger partial charge in [-0.2, -0.15) is 0 Å². The molecule has 68 valence electrons. The molecule has 2 rings (SSSR count). The molecule has 0 aliphatic carbocycles. The Labute approximate surface area is 75.6 Å². The third kappa shape index (κ3) is 1.31. The van der Waals surface area contributed by atoms with Gasteiger partial charge in [0.1, 0.15) is 5.82 Å². The van der Waals surface area contributed by atoms with Crippen molar-refractivity contribution >= 4 is 10.9 Å². The highest BCUT2D eigenvalue weighted by atomic mass is 19.1. The number of fused-ring (bicyclic) bond motifs is 1. The SMILES string of the molecule is C[C@H](N)c1cc2cccc(F)c2[nH]1. The molecule has 0 radical (unpaired) electrons. The minimum absolute atomic E-state index is 0.0909. The van der Waals surface area contributed by atoms with Gasteiger partial charge in [-0.15, -0.1) is 0 Å². The number of para-hydroxylation sites is 1. The van der Waals surface area contributed by atoms with E-state index in [1.54, 1.807) is 6.07 Å². The Bertz CT molecular complexity index is 431. The zero-order valence-corrected chi connectivity index (χ0v) is 7.34. The van der Waals surface area contributed by atoms with Crippen LogP contribution < -0.4 is 5.73 Å². The van der Waals surface area contributed by atoms with Crippen molar-refractivity contribution in [1.29, 1.82) is 0 Å². The smallest absolute Gasteiger partial charge is 0.147 e. The summed E-state index contributed by atoms with van der Waals surface area (Å²) in [4.78, 5) is 2.96. The molecule has 1 atom stereocenters. The average molecular weight is 178 g/mol. The Morgan fingerprint density at radius 1 is 1.46 bits per heavy atom. The third-order valence-corrected chi connectivity index (χ3v) is 2.12. The van der Waals surface area contributed by atoms with Crippen LogP contribution in [0.4, 0.5) is 4.39 Å². The van der Waals surface area contributed by atoms with Crippen LogP contribution in [0.25, 0.3) is 10.9 Å². The summed E-state index contributed by atoms with van der Waals surface area (Å²) in [6.45, 7) is 1.86. The summed E-state index contributed by atoms with van der Waals surface area (Å²) in [6, 6.07) is 6.77. The fourth-order valence-electron chi connectivity index (χ4n) is 1.39. The van der Waals surface area contributed by atoms with Gasteiger partial charge in [-0.25, -0.2) is 4.39 Å². The number of rotatable bonds is 1. The second-order valence-electron chi connectivity index (χ2n) is 3.22. The lowest BCUT2D eigenvalue weighted by atomic mass is 10.2. The summed E-state index contributed by atoms with van der Waals surface area (Å²) in [5.41, 5.74) is 7.07. The number of benzene rings is 1. The van der Waals surface area contributed by atoms with Crippen LogP contribution in [0.2, 0.25) is 0 Å². The Kier molecular flexibility index (Phi) is 1.81. The summed E-state index contributed by atoms with van der Waals surface area (Å²) in [5, 5.41) is 0.868. The predicted molar refractivity (Wildman–Crippen MR) is 50.9 cm³/mol. The Hall–Kier alpha value is -1.35. The molecular formula is C10H11FN2. The number of aromatic amines is 1. The number of hydrogen-bond donors (Lipinski definition) is 2. The second-order valence-corrected chi connectivity index (χ2v) is 3.22. The maximum absolute atomic E-state index is 13.2. The van der Waals surface area contributed by atoms with Crippen LogP contribution in [-0.4, -0.2) is 4.98 Å².